The van der Waals surface area contributed by atoms with E-state index in [1.54, 1.807) is 11.1 Å². The lowest BCUT2D eigenvalue weighted by Gasteiger charge is -2.21. The van der Waals surface area contributed by atoms with Crippen LogP contribution in [-0.4, -0.2) is 12.6 Å². The number of allylic oxidation sites excluding steroid dienone is 1. The SMILES string of the molecule is CCOC(=O)c1ccc(C=C(C)c2cc3c(cc2CC(C)C)C2CCC3C2)cc1. The van der Waals surface area contributed by atoms with Crippen LogP contribution in [0.5, 0.6) is 0 Å². The van der Waals surface area contributed by atoms with Crippen molar-refractivity contribution in [1.82, 2.24) is 0 Å². The Labute approximate surface area is 175 Å². The zero-order valence-corrected chi connectivity index (χ0v) is 18.1. The van der Waals surface area contributed by atoms with Crippen LogP contribution in [0.3, 0.4) is 0 Å². The van der Waals surface area contributed by atoms with Crippen LogP contribution in [0.4, 0.5) is 0 Å². The maximum atomic E-state index is 11.9. The number of fused-ring (bicyclic) bond motifs is 5. The maximum absolute atomic E-state index is 11.9. The van der Waals surface area contributed by atoms with Crippen LogP contribution in [0.2, 0.25) is 0 Å². The second-order valence-corrected chi connectivity index (χ2v) is 9.11. The number of hydrogen-bond acceptors (Lipinski definition) is 2. The molecule has 0 aliphatic heterocycles. The summed E-state index contributed by atoms with van der Waals surface area (Å²) in [7, 11) is 0. The fourth-order valence-electron chi connectivity index (χ4n) is 5.17. The van der Waals surface area contributed by atoms with E-state index in [0.29, 0.717) is 18.1 Å². The number of hydrogen-bond donors (Lipinski definition) is 0. The van der Waals surface area contributed by atoms with Crippen LogP contribution in [0.25, 0.3) is 11.6 Å². The molecule has 0 heterocycles. The summed E-state index contributed by atoms with van der Waals surface area (Å²) in [6.45, 7) is 9.05. The van der Waals surface area contributed by atoms with Gasteiger partial charge in [-0.3, -0.25) is 0 Å². The zero-order chi connectivity index (χ0) is 20.5. The van der Waals surface area contributed by atoms with Crippen molar-refractivity contribution in [3.63, 3.8) is 0 Å². The van der Waals surface area contributed by atoms with Gasteiger partial charge in [0.25, 0.3) is 0 Å². The summed E-state index contributed by atoms with van der Waals surface area (Å²) >= 11 is 0. The molecule has 0 amide bonds. The van der Waals surface area contributed by atoms with Gasteiger partial charge in [-0.2, -0.15) is 0 Å². The van der Waals surface area contributed by atoms with Gasteiger partial charge in [0.15, 0.2) is 0 Å². The first-order valence-corrected chi connectivity index (χ1v) is 11.1. The zero-order valence-electron chi connectivity index (χ0n) is 18.1. The van der Waals surface area contributed by atoms with E-state index in [-0.39, 0.29) is 5.97 Å². The Hall–Kier alpha value is -2.35. The molecule has 0 spiro atoms. The molecule has 2 aromatic carbocycles. The molecule has 1 fully saturated rings. The lowest BCUT2D eigenvalue weighted by molar-refractivity contribution is 0.0526. The topological polar surface area (TPSA) is 26.3 Å². The third-order valence-electron chi connectivity index (χ3n) is 6.48. The van der Waals surface area contributed by atoms with E-state index in [1.807, 2.05) is 31.2 Å². The maximum Gasteiger partial charge on any atom is 0.338 e. The standard InChI is InChI=1S/C27H32O2/c1-5-29-27(28)20-8-6-19(7-9-20)13-18(4)24-16-26-22-11-10-21(14-22)25(26)15-23(24)12-17(2)3/h6-9,13,15-17,21-22H,5,10-12,14H2,1-4H3. The second kappa shape index (κ2) is 8.18. The average molecular weight is 389 g/mol. The molecule has 2 aliphatic carbocycles. The molecule has 2 heteroatoms. The van der Waals surface area contributed by atoms with Gasteiger partial charge in [0, 0.05) is 0 Å². The molecule has 2 atom stereocenters. The fraction of sp³-hybridized carbons (Fsp3) is 0.444. The Morgan fingerprint density at radius 1 is 1.10 bits per heavy atom. The van der Waals surface area contributed by atoms with Crippen molar-refractivity contribution in [1.29, 1.82) is 0 Å². The van der Waals surface area contributed by atoms with Gasteiger partial charge in [-0.1, -0.05) is 44.2 Å². The van der Waals surface area contributed by atoms with Gasteiger partial charge in [-0.15, -0.1) is 0 Å². The van der Waals surface area contributed by atoms with Crippen molar-refractivity contribution in [3.05, 3.63) is 69.8 Å². The van der Waals surface area contributed by atoms with Crippen LogP contribution in [-0.2, 0) is 11.2 Å². The van der Waals surface area contributed by atoms with Gasteiger partial charge in [0.1, 0.15) is 0 Å². The van der Waals surface area contributed by atoms with Crippen molar-refractivity contribution in [2.24, 2.45) is 5.92 Å². The van der Waals surface area contributed by atoms with E-state index in [2.05, 4.69) is 39.0 Å². The fourth-order valence-corrected chi connectivity index (χ4v) is 5.17. The highest BCUT2D eigenvalue weighted by molar-refractivity contribution is 5.90. The molecule has 2 bridgehead atoms. The Kier molecular flexibility index (Phi) is 5.63. The van der Waals surface area contributed by atoms with Gasteiger partial charge in [-0.25, -0.2) is 4.79 Å². The number of esters is 1. The van der Waals surface area contributed by atoms with E-state index >= 15 is 0 Å². The summed E-state index contributed by atoms with van der Waals surface area (Å²) in [6.07, 6.45) is 7.46. The number of ether oxygens (including phenoxy) is 1. The summed E-state index contributed by atoms with van der Waals surface area (Å²) in [5, 5.41) is 0. The van der Waals surface area contributed by atoms with Crippen LogP contribution >= 0.6 is 0 Å². The minimum absolute atomic E-state index is 0.257. The summed E-state index contributed by atoms with van der Waals surface area (Å²) in [4.78, 5) is 11.9. The predicted octanol–water partition coefficient (Wildman–Crippen LogP) is 6.99. The molecular formula is C27H32O2. The first-order valence-electron chi connectivity index (χ1n) is 11.1. The molecule has 0 aromatic heterocycles. The third-order valence-corrected chi connectivity index (χ3v) is 6.48. The Morgan fingerprint density at radius 3 is 2.38 bits per heavy atom. The van der Waals surface area contributed by atoms with Crippen LogP contribution in [0.1, 0.15) is 97.0 Å². The monoisotopic (exact) mass is 388 g/mol. The molecule has 1 saturated carbocycles. The van der Waals surface area contributed by atoms with Crippen molar-refractivity contribution < 1.29 is 9.53 Å². The molecule has 4 rings (SSSR count). The van der Waals surface area contributed by atoms with Gasteiger partial charge in [0.05, 0.1) is 12.2 Å². The number of carbonyl (C=O) groups excluding carboxylic acids is 1. The molecule has 2 unspecified atom stereocenters. The van der Waals surface area contributed by atoms with Crippen molar-refractivity contribution in [2.75, 3.05) is 6.61 Å². The van der Waals surface area contributed by atoms with Crippen molar-refractivity contribution >= 4 is 17.6 Å². The molecule has 0 radical (unpaired) electrons. The van der Waals surface area contributed by atoms with E-state index in [1.165, 1.54) is 36.0 Å². The summed E-state index contributed by atoms with van der Waals surface area (Å²) in [5.41, 5.74) is 9.16. The number of rotatable bonds is 6. The van der Waals surface area contributed by atoms with Gasteiger partial charge in [0.2, 0.25) is 0 Å². The smallest absolute Gasteiger partial charge is 0.338 e. The summed E-state index contributed by atoms with van der Waals surface area (Å²) < 4.78 is 5.08. The van der Waals surface area contributed by atoms with Crippen LogP contribution in [0.15, 0.2) is 36.4 Å². The molecule has 0 saturated heterocycles. The first-order chi connectivity index (χ1) is 14.0. The molecule has 152 valence electrons. The predicted molar refractivity (Wildman–Crippen MR) is 120 cm³/mol. The highest BCUT2D eigenvalue weighted by Crippen LogP contribution is 2.54. The molecule has 2 aliphatic rings. The van der Waals surface area contributed by atoms with Crippen molar-refractivity contribution in [3.8, 4) is 0 Å². The van der Waals surface area contributed by atoms with Crippen molar-refractivity contribution in [2.45, 2.75) is 65.2 Å². The molecular weight excluding hydrogens is 356 g/mol. The normalized spacial score (nSPS) is 20.2. The molecule has 2 nitrogen and oxygen atoms in total. The molecule has 2 aromatic rings. The van der Waals surface area contributed by atoms with Crippen LogP contribution < -0.4 is 0 Å². The van der Waals surface area contributed by atoms with Gasteiger partial charge < -0.3 is 4.74 Å². The third kappa shape index (κ3) is 4.03. The van der Waals surface area contributed by atoms with E-state index in [4.69, 9.17) is 4.74 Å². The molecule has 29 heavy (non-hydrogen) atoms. The Bertz CT molecular complexity index is 934. The second-order valence-electron chi connectivity index (χ2n) is 9.11. The molecule has 0 N–H and O–H groups in total. The quantitative estimate of drug-likeness (QED) is 0.394. The Balaban J connectivity index is 1.66. The minimum atomic E-state index is -0.257. The van der Waals surface area contributed by atoms with Crippen LogP contribution in [0, 0.1) is 5.92 Å². The number of benzene rings is 2. The minimum Gasteiger partial charge on any atom is -0.462 e. The van der Waals surface area contributed by atoms with Gasteiger partial charge >= 0.3 is 5.97 Å². The largest absolute Gasteiger partial charge is 0.462 e. The average Bonchev–Trinajstić information content (AvgIpc) is 3.30. The number of carbonyl (C=O) groups is 1. The summed E-state index contributed by atoms with van der Waals surface area (Å²) in [6, 6.07) is 12.7. The lowest BCUT2D eigenvalue weighted by Crippen LogP contribution is -2.05. The first kappa shape index (κ1) is 19.9. The lowest BCUT2D eigenvalue weighted by atomic mass is 9.84. The van der Waals surface area contributed by atoms with E-state index < -0.39 is 0 Å². The highest BCUT2D eigenvalue weighted by atomic mass is 16.5. The highest BCUT2D eigenvalue weighted by Gasteiger charge is 2.37. The van der Waals surface area contributed by atoms with E-state index in [0.717, 1.165) is 23.8 Å². The summed E-state index contributed by atoms with van der Waals surface area (Å²) in [5.74, 6) is 1.96. The van der Waals surface area contributed by atoms with E-state index in [9.17, 15) is 4.79 Å². The van der Waals surface area contributed by atoms with Gasteiger partial charge in [-0.05, 0) is 103 Å². The Morgan fingerprint density at radius 2 is 1.76 bits per heavy atom.